The van der Waals surface area contributed by atoms with Gasteiger partial charge in [0.1, 0.15) is 0 Å². The van der Waals surface area contributed by atoms with Crippen LogP contribution in [0.2, 0.25) is 0 Å². The Morgan fingerprint density at radius 3 is 1.39 bits per heavy atom. The molecular formula is C48H31N. The molecule has 0 saturated carbocycles. The Bertz CT molecular complexity index is 2740. The number of benzene rings is 8. The lowest BCUT2D eigenvalue weighted by Gasteiger charge is -2.20. The molecule has 0 amide bonds. The van der Waals surface area contributed by atoms with Gasteiger partial charge in [0.25, 0.3) is 0 Å². The van der Waals surface area contributed by atoms with E-state index in [2.05, 4.69) is 177 Å². The molecule has 0 atom stereocenters. The zero-order chi connectivity index (χ0) is 32.5. The van der Waals surface area contributed by atoms with Gasteiger partial charge in [-0.25, -0.2) is 0 Å². The smallest absolute Gasteiger partial charge is 0.0784 e. The first-order valence-corrected chi connectivity index (χ1v) is 17.0. The van der Waals surface area contributed by atoms with Gasteiger partial charge in [-0.1, -0.05) is 158 Å². The molecule has 1 aliphatic carbocycles. The van der Waals surface area contributed by atoms with Crippen molar-refractivity contribution in [1.82, 2.24) is 4.98 Å². The molecule has 0 aliphatic heterocycles. The third-order valence-corrected chi connectivity index (χ3v) is 10.3. The second kappa shape index (κ2) is 10.9. The Morgan fingerprint density at radius 2 is 0.816 bits per heavy atom. The Hall–Kier alpha value is -6.31. The third-order valence-electron chi connectivity index (χ3n) is 10.3. The molecule has 1 heteroatoms. The molecule has 8 aromatic carbocycles. The number of aryl methyl sites for hydroxylation is 1. The number of hydrogen-bond acceptors (Lipinski definition) is 1. The van der Waals surface area contributed by atoms with Crippen LogP contribution in [-0.2, 0) is 0 Å². The minimum absolute atomic E-state index is 1.02. The summed E-state index contributed by atoms with van der Waals surface area (Å²) in [6.07, 6.45) is 0. The molecule has 0 N–H and O–H groups in total. The lowest BCUT2D eigenvalue weighted by atomic mass is 9.82. The van der Waals surface area contributed by atoms with Gasteiger partial charge in [-0.2, -0.15) is 0 Å². The Morgan fingerprint density at radius 1 is 0.347 bits per heavy atom. The predicted molar refractivity (Wildman–Crippen MR) is 208 cm³/mol. The van der Waals surface area contributed by atoms with E-state index < -0.39 is 0 Å². The van der Waals surface area contributed by atoms with Gasteiger partial charge in [0.2, 0.25) is 0 Å². The largest absolute Gasteiger partial charge is 0.252 e. The van der Waals surface area contributed by atoms with Crippen LogP contribution in [0.4, 0.5) is 0 Å². The minimum atomic E-state index is 1.02. The lowest BCUT2D eigenvalue weighted by molar-refractivity contribution is 1.23. The summed E-state index contributed by atoms with van der Waals surface area (Å²) in [5.41, 5.74) is 15.8. The number of fused-ring (bicyclic) bond motifs is 5. The van der Waals surface area contributed by atoms with Crippen molar-refractivity contribution in [2.75, 3.05) is 0 Å². The average Bonchev–Trinajstić information content (AvgIpc) is 3.49. The highest BCUT2D eigenvalue weighted by Crippen LogP contribution is 2.58. The van der Waals surface area contributed by atoms with Crippen molar-refractivity contribution in [1.29, 1.82) is 0 Å². The van der Waals surface area contributed by atoms with E-state index in [1.54, 1.807) is 0 Å². The normalized spacial score (nSPS) is 11.8. The maximum absolute atomic E-state index is 5.40. The molecule has 1 aliphatic rings. The molecule has 1 heterocycles. The van der Waals surface area contributed by atoms with Crippen molar-refractivity contribution in [2.24, 2.45) is 0 Å². The van der Waals surface area contributed by atoms with E-state index in [0.29, 0.717) is 0 Å². The van der Waals surface area contributed by atoms with Crippen molar-refractivity contribution in [2.45, 2.75) is 6.92 Å². The number of nitrogens with zero attached hydrogens (tertiary/aromatic N) is 1. The maximum atomic E-state index is 5.40. The molecule has 9 aromatic rings. The van der Waals surface area contributed by atoms with Crippen LogP contribution in [0, 0.1) is 6.92 Å². The fourth-order valence-corrected chi connectivity index (χ4v) is 8.33. The van der Waals surface area contributed by atoms with Crippen LogP contribution in [0.5, 0.6) is 0 Å². The first-order valence-electron chi connectivity index (χ1n) is 17.0. The number of pyridine rings is 1. The first-order chi connectivity index (χ1) is 24.3. The summed E-state index contributed by atoms with van der Waals surface area (Å²) < 4.78 is 0. The van der Waals surface area contributed by atoms with Gasteiger partial charge in [0.05, 0.1) is 5.69 Å². The maximum Gasteiger partial charge on any atom is 0.0784 e. The van der Waals surface area contributed by atoms with Crippen molar-refractivity contribution >= 4 is 32.3 Å². The third kappa shape index (κ3) is 4.16. The number of rotatable bonds is 4. The zero-order valence-electron chi connectivity index (χ0n) is 27.1. The summed E-state index contributed by atoms with van der Waals surface area (Å²) in [7, 11) is 0. The molecule has 0 bridgehead atoms. The fourth-order valence-electron chi connectivity index (χ4n) is 8.33. The quantitative estimate of drug-likeness (QED) is 0.191. The zero-order valence-corrected chi connectivity index (χ0v) is 27.1. The SMILES string of the molecule is Cc1nc(-c2cc3c4c(cccc4c2)-c2c-3c(-c3ccccc3)c3ccccc3c2-c2ccccc2)c2ccccc2c1-c1ccccc1. The molecule has 0 radical (unpaired) electrons. The van der Waals surface area contributed by atoms with Crippen LogP contribution in [0.3, 0.4) is 0 Å². The predicted octanol–water partition coefficient (Wildman–Crippen LogP) is 13.2. The summed E-state index contributed by atoms with van der Waals surface area (Å²) in [6.45, 7) is 2.15. The molecule has 1 aromatic heterocycles. The molecule has 0 saturated heterocycles. The van der Waals surface area contributed by atoms with Gasteiger partial charge in [0.15, 0.2) is 0 Å². The van der Waals surface area contributed by atoms with Crippen LogP contribution in [-0.4, -0.2) is 4.98 Å². The van der Waals surface area contributed by atoms with E-state index in [-0.39, 0.29) is 0 Å². The molecule has 0 unspecified atom stereocenters. The summed E-state index contributed by atoms with van der Waals surface area (Å²) in [5, 5.41) is 7.48. The van der Waals surface area contributed by atoms with Gasteiger partial charge in [-0.05, 0) is 96.1 Å². The standard InChI is InChI=1S/C48H31N/c1-30-42(31-16-5-2-6-17-31)38-25-13-14-26-39(38)48(49-30)35-28-34-22-15-27-40-43(34)41(29-35)47-45(33-20-9-4-10-21-33)37-24-12-11-23-36(37)44(46(40)47)32-18-7-3-8-19-32/h2-29H,1H3. The van der Waals surface area contributed by atoms with Crippen LogP contribution in [0.1, 0.15) is 5.69 Å². The van der Waals surface area contributed by atoms with E-state index in [9.17, 15) is 0 Å². The van der Waals surface area contributed by atoms with E-state index in [4.69, 9.17) is 4.98 Å². The van der Waals surface area contributed by atoms with Crippen LogP contribution < -0.4 is 0 Å². The van der Waals surface area contributed by atoms with Gasteiger partial charge in [0, 0.05) is 22.2 Å². The van der Waals surface area contributed by atoms with Crippen LogP contribution >= 0.6 is 0 Å². The summed E-state index contributed by atoms with van der Waals surface area (Å²) in [5.74, 6) is 0. The van der Waals surface area contributed by atoms with Gasteiger partial charge < -0.3 is 0 Å². The van der Waals surface area contributed by atoms with E-state index in [1.807, 2.05) is 0 Å². The molecule has 1 nitrogen and oxygen atoms in total. The fraction of sp³-hybridized carbons (Fsp3) is 0.0208. The Kier molecular flexibility index (Phi) is 6.16. The Labute approximate surface area is 285 Å². The second-order valence-corrected chi connectivity index (χ2v) is 13.0. The average molecular weight is 622 g/mol. The van der Waals surface area contributed by atoms with Crippen molar-refractivity contribution < 1.29 is 0 Å². The van der Waals surface area contributed by atoms with Crippen molar-refractivity contribution in [3.63, 3.8) is 0 Å². The van der Waals surface area contributed by atoms with Gasteiger partial charge in [-0.3, -0.25) is 4.98 Å². The highest BCUT2D eigenvalue weighted by molar-refractivity contribution is 6.28. The molecule has 0 fully saturated rings. The topological polar surface area (TPSA) is 12.9 Å². The summed E-state index contributed by atoms with van der Waals surface area (Å²) >= 11 is 0. The molecule has 49 heavy (non-hydrogen) atoms. The van der Waals surface area contributed by atoms with Gasteiger partial charge in [-0.15, -0.1) is 0 Å². The van der Waals surface area contributed by atoms with Crippen LogP contribution in [0.25, 0.3) is 99.2 Å². The monoisotopic (exact) mass is 621 g/mol. The highest BCUT2D eigenvalue weighted by Gasteiger charge is 2.31. The summed E-state index contributed by atoms with van der Waals surface area (Å²) in [4.78, 5) is 5.40. The van der Waals surface area contributed by atoms with E-state index in [1.165, 1.54) is 88.0 Å². The van der Waals surface area contributed by atoms with E-state index >= 15 is 0 Å². The molecule has 228 valence electrons. The highest BCUT2D eigenvalue weighted by atomic mass is 14.7. The van der Waals surface area contributed by atoms with Crippen molar-refractivity contribution in [3.8, 4) is 66.9 Å². The van der Waals surface area contributed by atoms with Crippen molar-refractivity contribution in [3.05, 3.63) is 176 Å². The van der Waals surface area contributed by atoms with Crippen LogP contribution in [0.15, 0.2) is 170 Å². The van der Waals surface area contributed by atoms with E-state index in [0.717, 1.165) is 17.0 Å². The van der Waals surface area contributed by atoms with Gasteiger partial charge >= 0.3 is 0 Å². The second-order valence-electron chi connectivity index (χ2n) is 13.0. The lowest BCUT2D eigenvalue weighted by Crippen LogP contribution is -1.96. The molecule has 10 rings (SSSR count). The molecular weight excluding hydrogens is 591 g/mol. The Balaban J connectivity index is 1.34. The number of aromatic nitrogens is 1. The number of hydrogen-bond donors (Lipinski definition) is 0. The summed E-state index contributed by atoms with van der Waals surface area (Å²) in [6, 6.07) is 61.8. The minimum Gasteiger partial charge on any atom is -0.252 e. The molecule has 0 spiro atoms. The first kappa shape index (κ1) is 27.8.